The van der Waals surface area contributed by atoms with E-state index in [0.29, 0.717) is 39.1 Å². The van der Waals surface area contributed by atoms with Crippen LogP contribution in [0.5, 0.6) is 0 Å². The zero-order chi connectivity index (χ0) is 18.2. The Kier molecular flexibility index (Phi) is 7.33. The van der Waals surface area contributed by atoms with Gasteiger partial charge in [-0.3, -0.25) is 14.5 Å². The summed E-state index contributed by atoms with van der Waals surface area (Å²) in [6.07, 6.45) is 0.861. The molecule has 1 saturated heterocycles. The molecule has 1 aromatic rings. The Hall–Kier alpha value is -1.99. The largest absolute Gasteiger partial charge is 0.396 e. The van der Waals surface area contributed by atoms with Gasteiger partial charge in [0, 0.05) is 58.7 Å². The average molecular weight is 351 g/mol. The molecule has 1 heterocycles. The summed E-state index contributed by atoms with van der Waals surface area (Å²) in [4.78, 5) is 27.2. The molecule has 1 atom stereocenters. The Labute approximate surface area is 147 Å². The molecule has 0 bridgehead atoms. The van der Waals surface area contributed by atoms with Crippen LogP contribution in [0.4, 0.5) is 4.39 Å². The first-order valence-corrected chi connectivity index (χ1v) is 8.61. The van der Waals surface area contributed by atoms with Crippen molar-refractivity contribution in [3.05, 3.63) is 35.6 Å². The van der Waals surface area contributed by atoms with Crippen molar-refractivity contribution in [2.75, 3.05) is 32.8 Å². The number of piperazine rings is 1. The van der Waals surface area contributed by atoms with E-state index in [1.807, 2.05) is 0 Å². The van der Waals surface area contributed by atoms with E-state index >= 15 is 0 Å². The average Bonchev–Trinajstić information content (AvgIpc) is 2.58. The second-order valence-corrected chi connectivity index (χ2v) is 6.34. The zero-order valence-corrected chi connectivity index (χ0v) is 14.6. The van der Waals surface area contributed by atoms with Crippen LogP contribution in [0.25, 0.3) is 0 Å². The highest BCUT2D eigenvalue weighted by atomic mass is 19.1. The van der Waals surface area contributed by atoms with E-state index < -0.39 is 0 Å². The van der Waals surface area contributed by atoms with Gasteiger partial charge in [-0.05, 0) is 24.1 Å². The first-order chi connectivity index (χ1) is 12.0. The number of rotatable bonds is 7. The molecule has 0 radical (unpaired) electrons. The molecule has 0 aliphatic carbocycles. The molecule has 0 aromatic heterocycles. The normalized spacial score (nSPS) is 18.2. The van der Waals surface area contributed by atoms with Gasteiger partial charge in [-0.1, -0.05) is 12.1 Å². The predicted octanol–water partition coefficient (Wildman–Crippen LogP) is 0.747. The standard InChI is InChI=1S/C18H26FN3O3/c1-14(24)20-8-6-18(25)22-10-9-21(17(13-22)7-11-23)12-15-2-4-16(19)5-3-15/h2-5,17,23H,6-13H2,1H3,(H,20,24). The summed E-state index contributed by atoms with van der Waals surface area (Å²) in [7, 11) is 0. The van der Waals surface area contributed by atoms with Crippen LogP contribution >= 0.6 is 0 Å². The number of carbonyl (C=O) groups excluding carboxylic acids is 2. The first kappa shape index (κ1) is 19.3. The lowest BCUT2D eigenvalue weighted by Crippen LogP contribution is -2.54. The van der Waals surface area contributed by atoms with Gasteiger partial charge in [0.15, 0.2) is 0 Å². The van der Waals surface area contributed by atoms with E-state index in [2.05, 4.69) is 10.2 Å². The highest BCUT2D eigenvalue weighted by Crippen LogP contribution is 2.17. The summed E-state index contributed by atoms with van der Waals surface area (Å²) in [5.74, 6) is -0.390. The first-order valence-electron chi connectivity index (χ1n) is 8.61. The molecule has 1 aliphatic heterocycles. The molecule has 6 nitrogen and oxygen atoms in total. The second-order valence-electron chi connectivity index (χ2n) is 6.34. The molecule has 2 rings (SSSR count). The number of nitrogens with zero attached hydrogens (tertiary/aromatic N) is 2. The molecule has 2 amide bonds. The van der Waals surface area contributed by atoms with Gasteiger partial charge in [-0.25, -0.2) is 4.39 Å². The monoisotopic (exact) mass is 351 g/mol. The summed E-state index contributed by atoms with van der Waals surface area (Å²) >= 11 is 0. The van der Waals surface area contributed by atoms with Gasteiger partial charge >= 0.3 is 0 Å². The van der Waals surface area contributed by atoms with Crippen LogP contribution in [-0.2, 0) is 16.1 Å². The number of benzene rings is 1. The maximum Gasteiger partial charge on any atom is 0.224 e. The maximum absolute atomic E-state index is 13.0. The molecular weight excluding hydrogens is 325 g/mol. The van der Waals surface area contributed by atoms with Crippen molar-refractivity contribution in [2.24, 2.45) is 0 Å². The van der Waals surface area contributed by atoms with Crippen molar-refractivity contribution in [2.45, 2.75) is 32.4 Å². The Morgan fingerprint density at radius 3 is 2.64 bits per heavy atom. The molecule has 1 aliphatic rings. The van der Waals surface area contributed by atoms with E-state index in [0.717, 1.165) is 5.56 Å². The van der Waals surface area contributed by atoms with Gasteiger partial charge in [0.2, 0.25) is 11.8 Å². The summed E-state index contributed by atoms with van der Waals surface area (Å²) in [6.45, 7) is 4.36. The topological polar surface area (TPSA) is 72.9 Å². The Morgan fingerprint density at radius 1 is 1.28 bits per heavy atom. The van der Waals surface area contributed by atoms with Crippen molar-refractivity contribution in [3.63, 3.8) is 0 Å². The Morgan fingerprint density at radius 2 is 2.00 bits per heavy atom. The van der Waals surface area contributed by atoms with Crippen molar-refractivity contribution in [1.82, 2.24) is 15.1 Å². The number of aliphatic hydroxyl groups is 1. The fourth-order valence-corrected chi connectivity index (χ4v) is 3.08. The van der Waals surface area contributed by atoms with Crippen LogP contribution in [0.15, 0.2) is 24.3 Å². The molecule has 1 unspecified atom stereocenters. The minimum Gasteiger partial charge on any atom is -0.396 e. The number of hydrogen-bond donors (Lipinski definition) is 2. The highest BCUT2D eigenvalue weighted by Gasteiger charge is 2.28. The van der Waals surface area contributed by atoms with Gasteiger partial charge in [-0.15, -0.1) is 0 Å². The molecule has 7 heteroatoms. The van der Waals surface area contributed by atoms with Gasteiger partial charge in [-0.2, -0.15) is 0 Å². The van der Waals surface area contributed by atoms with E-state index in [-0.39, 0.29) is 36.7 Å². The summed E-state index contributed by atoms with van der Waals surface area (Å²) < 4.78 is 13.0. The highest BCUT2D eigenvalue weighted by molar-refractivity contribution is 5.78. The molecule has 1 fully saturated rings. The molecule has 2 N–H and O–H groups in total. The summed E-state index contributed by atoms with van der Waals surface area (Å²) in [6, 6.07) is 6.47. The van der Waals surface area contributed by atoms with E-state index in [9.17, 15) is 19.1 Å². The van der Waals surface area contributed by atoms with Gasteiger partial charge in [0.1, 0.15) is 5.82 Å². The van der Waals surface area contributed by atoms with Crippen molar-refractivity contribution in [3.8, 4) is 0 Å². The summed E-state index contributed by atoms with van der Waals surface area (Å²) in [5.41, 5.74) is 1.01. The lowest BCUT2D eigenvalue weighted by molar-refractivity contribution is -0.134. The minimum atomic E-state index is -0.259. The quantitative estimate of drug-likeness (QED) is 0.760. The van der Waals surface area contributed by atoms with Crippen LogP contribution < -0.4 is 5.32 Å². The lowest BCUT2D eigenvalue weighted by Gasteiger charge is -2.41. The van der Waals surface area contributed by atoms with Gasteiger partial charge < -0.3 is 15.3 Å². The molecule has 0 saturated carbocycles. The third-order valence-electron chi connectivity index (χ3n) is 4.43. The van der Waals surface area contributed by atoms with Crippen LogP contribution in [0.1, 0.15) is 25.3 Å². The van der Waals surface area contributed by atoms with Gasteiger partial charge in [0.05, 0.1) is 0 Å². The number of halogens is 1. The predicted molar refractivity (Wildman–Crippen MR) is 92.2 cm³/mol. The van der Waals surface area contributed by atoms with Crippen LogP contribution in [-0.4, -0.2) is 65.5 Å². The fourth-order valence-electron chi connectivity index (χ4n) is 3.08. The third-order valence-corrected chi connectivity index (χ3v) is 4.43. The SMILES string of the molecule is CC(=O)NCCC(=O)N1CCN(Cc2ccc(F)cc2)C(CCO)C1. The van der Waals surface area contributed by atoms with E-state index in [1.54, 1.807) is 17.0 Å². The number of nitrogens with one attached hydrogen (secondary N) is 1. The third kappa shape index (κ3) is 6.10. The second kappa shape index (κ2) is 9.48. The van der Waals surface area contributed by atoms with Crippen LogP contribution in [0.3, 0.4) is 0 Å². The zero-order valence-electron chi connectivity index (χ0n) is 14.6. The molecule has 1 aromatic carbocycles. The lowest BCUT2D eigenvalue weighted by atomic mass is 10.1. The number of carbonyl (C=O) groups is 2. The smallest absolute Gasteiger partial charge is 0.224 e. The van der Waals surface area contributed by atoms with E-state index in [1.165, 1.54) is 19.1 Å². The Balaban J connectivity index is 1.91. The van der Waals surface area contributed by atoms with Crippen molar-refractivity contribution < 1.29 is 19.1 Å². The van der Waals surface area contributed by atoms with Crippen LogP contribution in [0, 0.1) is 5.82 Å². The molecule has 138 valence electrons. The molecular formula is C18H26FN3O3. The van der Waals surface area contributed by atoms with Crippen LogP contribution in [0.2, 0.25) is 0 Å². The van der Waals surface area contributed by atoms with Crippen molar-refractivity contribution >= 4 is 11.8 Å². The maximum atomic E-state index is 13.0. The van der Waals surface area contributed by atoms with Crippen molar-refractivity contribution in [1.29, 1.82) is 0 Å². The number of aliphatic hydroxyl groups excluding tert-OH is 1. The molecule has 25 heavy (non-hydrogen) atoms. The Bertz CT molecular complexity index is 579. The minimum absolute atomic E-state index is 0.0121. The molecule has 0 spiro atoms. The fraction of sp³-hybridized carbons (Fsp3) is 0.556. The number of hydrogen-bond acceptors (Lipinski definition) is 4. The summed E-state index contributed by atoms with van der Waals surface area (Å²) in [5, 5.41) is 12.0. The van der Waals surface area contributed by atoms with E-state index in [4.69, 9.17) is 0 Å². The number of amides is 2. The van der Waals surface area contributed by atoms with Gasteiger partial charge in [0.25, 0.3) is 0 Å².